The van der Waals surface area contributed by atoms with Crippen molar-refractivity contribution in [2.45, 2.75) is 26.7 Å². The summed E-state index contributed by atoms with van der Waals surface area (Å²) in [5, 5.41) is 0. The van der Waals surface area contributed by atoms with Crippen molar-refractivity contribution >= 4 is 5.91 Å². The first-order chi connectivity index (χ1) is 5.13. The maximum atomic E-state index is 11.5. The second-order valence-electron chi connectivity index (χ2n) is 3.75. The van der Waals surface area contributed by atoms with E-state index in [4.69, 9.17) is 0 Å². The van der Waals surface area contributed by atoms with E-state index in [2.05, 4.69) is 13.8 Å². The molecular formula is C9H17NO. The number of nitrogens with zero attached hydrogens (tertiary/aromatic N) is 1. The molecule has 2 nitrogen and oxygen atoms in total. The van der Waals surface area contributed by atoms with Crippen LogP contribution in [-0.4, -0.2) is 24.4 Å². The zero-order valence-corrected chi connectivity index (χ0v) is 7.63. The molecule has 0 aromatic rings. The van der Waals surface area contributed by atoms with Gasteiger partial charge in [0.1, 0.15) is 0 Å². The molecule has 0 unspecified atom stereocenters. The Morgan fingerprint density at radius 3 is 2.64 bits per heavy atom. The molecule has 0 aromatic carbocycles. The third kappa shape index (κ3) is 1.73. The summed E-state index contributed by atoms with van der Waals surface area (Å²) in [6, 6.07) is 0. The smallest absolute Gasteiger partial charge is 0.225 e. The Morgan fingerprint density at radius 2 is 2.18 bits per heavy atom. The summed E-state index contributed by atoms with van der Waals surface area (Å²) in [4.78, 5) is 13.3. The van der Waals surface area contributed by atoms with Crippen LogP contribution >= 0.6 is 0 Å². The Balaban J connectivity index is 2.58. The zero-order chi connectivity index (χ0) is 8.43. The molecular weight excluding hydrogens is 138 g/mol. The van der Waals surface area contributed by atoms with Crippen molar-refractivity contribution in [1.29, 1.82) is 0 Å². The van der Waals surface area contributed by atoms with E-state index in [0.29, 0.717) is 11.8 Å². The molecule has 11 heavy (non-hydrogen) atoms. The lowest BCUT2D eigenvalue weighted by atomic mass is 9.87. The maximum Gasteiger partial charge on any atom is 0.225 e. The van der Waals surface area contributed by atoms with Crippen LogP contribution in [0, 0.1) is 11.8 Å². The molecule has 1 heterocycles. The summed E-state index contributed by atoms with van der Waals surface area (Å²) >= 11 is 0. The molecule has 0 bridgehead atoms. The summed E-state index contributed by atoms with van der Waals surface area (Å²) < 4.78 is 0. The van der Waals surface area contributed by atoms with Crippen LogP contribution < -0.4 is 0 Å². The van der Waals surface area contributed by atoms with Gasteiger partial charge in [0.2, 0.25) is 5.91 Å². The minimum Gasteiger partial charge on any atom is -0.346 e. The van der Waals surface area contributed by atoms with Gasteiger partial charge in [-0.3, -0.25) is 4.79 Å². The van der Waals surface area contributed by atoms with Gasteiger partial charge in [-0.05, 0) is 18.8 Å². The van der Waals surface area contributed by atoms with Crippen molar-refractivity contribution in [1.82, 2.24) is 4.90 Å². The Morgan fingerprint density at radius 1 is 1.55 bits per heavy atom. The lowest BCUT2D eigenvalue weighted by molar-refractivity contribution is -0.138. The summed E-state index contributed by atoms with van der Waals surface area (Å²) in [6.45, 7) is 5.20. The minimum absolute atomic E-state index is 0.286. The molecule has 2 heteroatoms. The van der Waals surface area contributed by atoms with E-state index in [-0.39, 0.29) is 5.92 Å². The lowest BCUT2D eigenvalue weighted by Crippen LogP contribution is -2.40. The Hall–Kier alpha value is -0.530. The lowest BCUT2D eigenvalue weighted by Gasteiger charge is -2.31. The van der Waals surface area contributed by atoms with Crippen LogP contribution in [0.4, 0.5) is 0 Å². The van der Waals surface area contributed by atoms with Gasteiger partial charge in [0, 0.05) is 19.5 Å². The number of piperidine rings is 1. The summed E-state index contributed by atoms with van der Waals surface area (Å²) in [7, 11) is 1.90. The number of carbonyl (C=O) groups excluding carboxylic acids is 1. The highest BCUT2D eigenvalue weighted by atomic mass is 16.2. The average Bonchev–Trinajstić information content (AvgIpc) is 1.94. The molecule has 1 amide bonds. The summed E-state index contributed by atoms with van der Waals surface area (Å²) in [5.74, 6) is 1.13. The minimum atomic E-state index is 0.286. The van der Waals surface area contributed by atoms with Gasteiger partial charge in [0.25, 0.3) is 0 Å². The SMILES string of the molecule is CC(C)[C@@H]1CCCN(C)C1=O. The standard InChI is InChI=1S/C9H17NO/c1-7(2)8-5-4-6-10(3)9(8)11/h7-8H,4-6H2,1-3H3/t8-/m0/s1. The number of hydrogen-bond donors (Lipinski definition) is 0. The maximum absolute atomic E-state index is 11.5. The van der Waals surface area contributed by atoms with Crippen molar-refractivity contribution in [3.63, 3.8) is 0 Å². The van der Waals surface area contributed by atoms with Crippen LogP contribution in [0.5, 0.6) is 0 Å². The summed E-state index contributed by atoms with van der Waals surface area (Å²) in [5.41, 5.74) is 0. The largest absolute Gasteiger partial charge is 0.346 e. The molecule has 0 aliphatic carbocycles. The van der Waals surface area contributed by atoms with Crippen LogP contribution in [0.1, 0.15) is 26.7 Å². The van der Waals surface area contributed by atoms with E-state index < -0.39 is 0 Å². The molecule has 1 saturated heterocycles. The van der Waals surface area contributed by atoms with Crippen molar-refractivity contribution in [2.75, 3.05) is 13.6 Å². The topological polar surface area (TPSA) is 20.3 Å². The van der Waals surface area contributed by atoms with Crippen LogP contribution in [-0.2, 0) is 4.79 Å². The Kier molecular flexibility index (Phi) is 2.53. The van der Waals surface area contributed by atoms with Crippen molar-refractivity contribution in [3.05, 3.63) is 0 Å². The first kappa shape index (κ1) is 8.57. The molecule has 0 N–H and O–H groups in total. The molecule has 1 fully saturated rings. The van der Waals surface area contributed by atoms with Gasteiger partial charge < -0.3 is 4.90 Å². The fourth-order valence-electron chi connectivity index (χ4n) is 1.68. The van der Waals surface area contributed by atoms with Crippen LogP contribution in [0.25, 0.3) is 0 Å². The van der Waals surface area contributed by atoms with Gasteiger partial charge in [0.05, 0.1) is 0 Å². The molecule has 1 aliphatic rings. The number of carbonyl (C=O) groups is 1. The van der Waals surface area contributed by atoms with E-state index in [1.54, 1.807) is 0 Å². The third-order valence-electron chi connectivity index (χ3n) is 2.51. The first-order valence-corrected chi connectivity index (χ1v) is 4.38. The van der Waals surface area contributed by atoms with Gasteiger partial charge in [-0.25, -0.2) is 0 Å². The van der Waals surface area contributed by atoms with Crippen LogP contribution in [0.2, 0.25) is 0 Å². The molecule has 0 spiro atoms. The van der Waals surface area contributed by atoms with Crippen LogP contribution in [0.15, 0.2) is 0 Å². The number of amides is 1. The van der Waals surface area contributed by atoms with Gasteiger partial charge in [0.15, 0.2) is 0 Å². The normalized spacial score (nSPS) is 26.4. The van der Waals surface area contributed by atoms with Crippen molar-refractivity contribution < 1.29 is 4.79 Å². The average molecular weight is 155 g/mol. The predicted octanol–water partition coefficient (Wildman–Crippen LogP) is 1.51. The second kappa shape index (κ2) is 3.24. The fraction of sp³-hybridized carbons (Fsp3) is 0.889. The predicted molar refractivity (Wildman–Crippen MR) is 45.2 cm³/mol. The highest BCUT2D eigenvalue weighted by molar-refractivity contribution is 5.79. The molecule has 0 aromatic heterocycles. The monoisotopic (exact) mass is 155 g/mol. The highest BCUT2D eigenvalue weighted by Crippen LogP contribution is 2.23. The van der Waals surface area contributed by atoms with E-state index in [0.717, 1.165) is 13.0 Å². The number of rotatable bonds is 1. The van der Waals surface area contributed by atoms with Gasteiger partial charge in [-0.2, -0.15) is 0 Å². The molecule has 64 valence electrons. The Bertz CT molecular complexity index is 154. The van der Waals surface area contributed by atoms with Gasteiger partial charge in [-0.1, -0.05) is 13.8 Å². The first-order valence-electron chi connectivity index (χ1n) is 4.38. The van der Waals surface area contributed by atoms with Crippen molar-refractivity contribution in [3.8, 4) is 0 Å². The fourth-order valence-corrected chi connectivity index (χ4v) is 1.68. The zero-order valence-electron chi connectivity index (χ0n) is 7.63. The molecule has 1 rings (SSSR count). The van der Waals surface area contributed by atoms with E-state index in [1.165, 1.54) is 6.42 Å². The number of likely N-dealkylation sites (tertiary alicyclic amines) is 1. The Labute approximate surface area is 68.6 Å². The van der Waals surface area contributed by atoms with E-state index in [1.807, 2.05) is 11.9 Å². The molecule has 0 radical (unpaired) electrons. The van der Waals surface area contributed by atoms with E-state index in [9.17, 15) is 4.79 Å². The second-order valence-corrected chi connectivity index (χ2v) is 3.75. The summed E-state index contributed by atoms with van der Waals surface area (Å²) in [6.07, 6.45) is 2.26. The number of hydrogen-bond acceptors (Lipinski definition) is 1. The quantitative estimate of drug-likeness (QED) is 0.562. The highest BCUT2D eigenvalue weighted by Gasteiger charge is 2.28. The van der Waals surface area contributed by atoms with E-state index >= 15 is 0 Å². The molecule has 0 saturated carbocycles. The van der Waals surface area contributed by atoms with Crippen molar-refractivity contribution in [2.24, 2.45) is 11.8 Å². The third-order valence-corrected chi connectivity index (χ3v) is 2.51. The van der Waals surface area contributed by atoms with Gasteiger partial charge >= 0.3 is 0 Å². The van der Waals surface area contributed by atoms with Gasteiger partial charge in [-0.15, -0.1) is 0 Å². The van der Waals surface area contributed by atoms with Crippen LogP contribution in [0.3, 0.4) is 0 Å². The molecule has 1 atom stereocenters. The molecule has 1 aliphatic heterocycles.